The topological polar surface area (TPSA) is 99.1 Å². The molecule has 0 spiro atoms. The minimum absolute atomic E-state index is 0.0311. The number of aromatic nitrogens is 1. The summed E-state index contributed by atoms with van der Waals surface area (Å²) >= 11 is 1.60. The van der Waals surface area contributed by atoms with Crippen molar-refractivity contribution in [3.8, 4) is 34.3 Å². The third-order valence-electron chi connectivity index (χ3n) is 6.10. The number of hydrogen-bond donors (Lipinski definition) is 2. The molecule has 0 saturated heterocycles. The molecule has 0 saturated carbocycles. The zero-order valence-electron chi connectivity index (χ0n) is 21.2. The Hall–Kier alpha value is -3.82. The minimum atomic E-state index is -0.261. The summed E-state index contributed by atoms with van der Waals surface area (Å²) in [6.45, 7) is -0.0311. The summed E-state index contributed by atoms with van der Waals surface area (Å²) in [4.78, 5) is 18.5. The standard InChI is InChI=1S/C28H30N2O6S/c1-33-20-5-6-23-21(14-20)22(28(32)29-19(7-9-31)11-17-8-10-37-16-17)15-24(30-23)18-12-25(34-2)27(36-4)26(13-18)35-3/h5-6,8,10,12-16,19,31H,7,9,11H2,1-4H3,(H,29,32)/t19-/m1/s1. The van der Waals surface area contributed by atoms with Crippen LogP contribution in [0.4, 0.5) is 0 Å². The molecule has 2 aromatic carbocycles. The number of thiophene rings is 1. The molecule has 0 aliphatic rings. The fourth-order valence-corrected chi connectivity index (χ4v) is 4.92. The number of ether oxygens (including phenoxy) is 4. The van der Waals surface area contributed by atoms with Crippen LogP contribution in [0.5, 0.6) is 23.0 Å². The highest BCUT2D eigenvalue weighted by Gasteiger charge is 2.21. The number of methoxy groups -OCH3 is 4. The van der Waals surface area contributed by atoms with Gasteiger partial charge < -0.3 is 29.4 Å². The predicted molar refractivity (Wildman–Crippen MR) is 144 cm³/mol. The van der Waals surface area contributed by atoms with Gasteiger partial charge in [0, 0.05) is 23.6 Å². The van der Waals surface area contributed by atoms with Gasteiger partial charge >= 0.3 is 0 Å². The van der Waals surface area contributed by atoms with Gasteiger partial charge in [0.2, 0.25) is 5.75 Å². The van der Waals surface area contributed by atoms with Gasteiger partial charge in [-0.25, -0.2) is 4.98 Å². The van der Waals surface area contributed by atoms with Crippen LogP contribution in [-0.2, 0) is 6.42 Å². The molecule has 37 heavy (non-hydrogen) atoms. The zero-order chi connectivity index (χ0) is 26.4. The molecule has 4 rings (SSSR count). The Morgan fingerprint density at radius 3 is 2.35 bits per heavy atom. The van der Waals surface area contributed by atoms with Crippen molar-refractivity contribution in [2.24, 2.45) is 0 Å². The first-order valence-electron chi connectivity index (χ1n) is 11.7. The molecule has 0 radical (unpaired) electrons. The molecule has 194 valence electrons. The van der Waals surface area contributed by atoms with Gasteiger partial charge in [0.15, 0.2) is 11.5 Å². The van der Waals surface area contributed by atoms with E-state index in [-0.39, 0.29) is 18.6 Å². The Morgan fingerprint density at radius 1 is 1.00 bits per heavy atom. The second-order valence-corrected chi connectivity index (χ2v) is 9.15. The van der Waals surface area contributed by atoms with E-state index < -0.39 is 0 Å². The molecule has 0 aliphatic carbocycles. The fraction of sp³-hybridized carbons (Fsp3) is 0.286. The maximum atomic E-state index is 13.7. The molecule has 0 unspecified atom stereocenters. The fourth-order valence-electron chi connectivity index (χ4n) is 4.23. The molecular formula is C28H30N2O6S. The van der Waals surface area contributed by atoms with Gasteiger partial charge in [-0.15, -0.1) is 0 Å². The molecular weight excluding hydrogens is 492 g/mol. The van der Waals surface area contributed by atoms with Crippen LogP contribution in [0.1, 0.15) is 22.3 Å². The normalized spacial score (nSPS) is 11.7. The maximum Gasteiger partial charge on any atom is 0.252 e. The highest BCUT2D eigenvalue weighted by molar-refractivity contribution is 7.07. The molecule has 1 amide bonds. The lowest BCUT2D eigenvalue weighted by Crippen LogP contribution is -2.37. The molecule has 4 aromatic rings. The molecule has 8 nitrogen and oxygen atoms in total. The van der Waals surface area contributed by atoms with Gasteiger partial charge in [-0.1, -0.05) is 0 Å². The largest absolute Gasteiger partial charge is 0.497 e. The first-order chi connectivity index (χ1) is 18.0. The first kappa shape index (κ1) is 26.2. The molecule has 2 N–H and O–H groups in total. The van der Waals surface area contributed by atoms with E-state index >= 15 is 0 Å². The molecule has 2 aromatic heterocycles. The lowest BCUT2D eigenvalue weighted by atomic mass is 10.0. The van der Waals surface area contributed by atoms with Crippen LogP contribution in [0.2, 0.25) is 0 Å². The number of rotatable bonds is 11. The van der Waals surface area contributed by atoms with Crippen molar-refractivity contribution in [1.82, 2.24) is 10.3 Å². The summed E-state index contributed by atoms with van der Waals surface area (Å²) in [5.41, 5.74) is 3.46. The molecule has 0 fully saturated rings. The summed E-state index contributed by atoms with van der Waals surface area (Å²) in [5.74, 6) is 1.80. The van der Waals surface area contributed by atoms with E-state index in [4.69, 9.17) is 23.9 Å². The first-order valence-corrected chi connectivity index (χ1v) is 12.7. The number of carbonyl (C=O) groups excluding carboxylic acids is 1. The second kappa shape index (κ2) is 11.9. The Bertz CT molecular complexity index is 1350. The van der Waals surface area contributed by atoms with Crippen molar-refractivity contribution < 1.29 is 28.8 Å². The minimum Gasteiger partial charge on any atom is -0.497 e. The van der Waals surface area contributed by atoms with E-state index in [1.807, 2.05) is 22.9 Å². The number of pyridine rings is 1. The molecule has 2 heterocycles. The van der Waals surface area contributed by atoms with Gasteiger partial charge in [-0.3, -0.25) is 4.79 Å². The van der Waals surface area contributed by atoms with Crippen molar-refractivity contribution in [3.63, 3.8) is 0 Å². The van der Waals surface area contributed by atoms with Crippen LogP contribution in [-0.4, -0.2) is 57.1 Å². The molecule has 1 atom stereocenters. The summed E-state index contributed by atoms with van der Waals surface area (Å²) < 4.78 is 21.9. The summed E-state index contributed by atoms with van der Waals surface area (Å²) in [5, 5.41) is 17.4. The average molecular weight is 523 g/mol. The summed E-state index contributed by atoms with van der Waals surface area (Å²) in [6.07, 6.45) is 1.07. The molecule has 9 heteroatoms. The SMILES string of the molecule is COc1ccc2nc(-c3cc(OC)c(OC)c(OC)c3)cc(C(=O)N[C@H](CCO)Cc3ccsc3)c2c1. The average Bonchev–Trinajstić information content (AvgIpc) is 3.44. The molecule has 0 bridgehead atoms. The van der Waals surface area contributed by atoms with E-state index in [1.165, 1.54) is 0 Å². The van der Waals surface area contributed by atoms with Crippen LogP contribution in [0.25, 0.3) is 22.2 Å². The van der Waals surface area contributed by atoms with E-state index in [2.05, 4.69) is 5.32 Å². The third kappa shape index (κ3) is 5.79. The van der Waals surface area contributed by atoms with Gasteiger partial charge in [0.25, 0.3) is 5.91 Å². The number of fused-ring (bicyclic) bond motifs is 1. The number of nitrogens with one attached hydrogen (secondary N) is 1. The summed E-state index contributed by atoms with van der Waals surface area (Å²) in [6, 6.07) is 12.6. The van der Waals surface area contributed by atoms with E-state index in [0.717, 1.165) is 5.56 Å². The highest BCUT2D eigenvalue weighted by atomic mass is 32.1. The maximum absolute atomic E-state index is 13.7. The number of nitrogens with zero attached hydrogens (tertiary/aromatic N) is 1. The monoisotopic (exact) mass is 522 g/mol. The zero-order valence-corrected chi connectivity index (χ0v) is 22.1. The smallest absolute Gasteiger partial charge is 0.252 e. The lowest BCUT2D eigenvalue weighted by molar-refractivity contribution is 0.0932. The van der Waals surface area contributed by atoms with E-state index in [1.54, 1.807) is 70.1 Å². The third-order valence-corrected chi connectivity index (χ3v) is 6.83. The number of carbonyl (C=O) groups is 1. The Balaban J connectivity index is 1.81. The van der Waals surface area contributed by atoms with Gasteiger partial charge in [-0.2, -0.15) is 11.3 Å². The van der Waals surface area contributed by atoms with Crippen LogP contribution in [0.3, 0.4) is 0 Å². The van der Waals surface area contributed by atoms with Crippen molar-refractivity contribution in [3.05, 3.63) is 64.4 Å². The number of benzene rings is 2. The Morgan fingerprint density at radius 2 is 1.76 bits per heavy atom. The number of aliphatic hydroxyl groups excluding tert-OH is 1. The van der Waals surface area contributed by atoms with E-state index in [0.29, 0.717) is 63.6 Å². The highest BCUT2D eigenvalue weighted by Crippen LogP contribution is 2.41. The van der Waals surface area contributed by atoms with Crippen molar-refractivity contribution in [2.75, 3.05) is 35.0 Å². The van der Waals surface area contributed by atoms with Gasteiger partial charge in [0.05, 0.1) is 45.2 Å². The van der Waals surface area contributed by atoms with Gasteiger partial charge in [0.1, 0.15) is 5.75 Å². The second-order valence-electron chi connectivity index (χ2n) is 8.37. The Kier molecular flexibility index (Phi) is 8.47. The quantitative estimate of drug-likeness (QED) is 0.294. The van der Waals surface area contributed by atoms with Crippen LogP contribution >= 0.6 is 11.3 Å². The molecule has 0 aliphatic heterocycles. The Labute approximate surface area is 219 Å². The summed E-state index contributed by atoms with van der Waals surface area (Å²) in [7, 11) is 6.23. The van der Waals surface area contributed by atoms with E-state index in [9.17, 15) is 9.90 Å². The van der Waals surface area contributed by atoms with Crippen LogP contribution in [0, 0.1) is 0 Å². The number of hydrogen-bond acceptors (Lipinski definition) is 8. The van der Waals surface area contributed by atoms with Crippen molar-refractivity contribution in [2.45, 2.75) is 18.9 Å². The number of aliphatic hydroxyl groups is 1. The number of amides is 1. The lowest BCUT2D eigenvalue weighted by Gasteiger charge is -2.19. The van der Waals surface area contributed by atoms with Crippen LogP contribution in [0.15, 0.2) is 53.2 Å². The van der Waals surface area contributed by atoms with Crippen LogP contribution < -0.4 is 24.3 Å². The van der Waals surface area contributed by atoms with Gasteiger partial charge in [-0.05, 0) is 71.6 Å². The van der Waals surface area contributed by atoms with Crippen molar-refractivity contribution in [1.29, 1.82) is 0 Å². The predicted octanol–water partition coefficient (Wildman–Crippen LogP) is 4.72. The van der Waals surface area contributed by atoms with Crippen molar-refractivity contribution >= 4 is 28.1 Å².